The van der Waals surface area contributed by atoms with Crippen molar-refractivity contribution < 1.29 is 18.8 Å². The molecule has 0 atom stereocenters. The molecule has 0 saturated carbocycles. The van der Waals surface area contributed by atoms with E-state index in [4.69, 9.17) is 14.2 Å². The van der Waals surface area contributed by atoms with Crippen molar-refractivity contribution in [3.8, 4) is 28.5 Å². The first-order valence-corrected chi connectivity index (χ1v) is 9.55. The molecule has 4 aromatic rings. The van der Waals surface area contributed by atoms with Crippen molar-refractivity contribution in [3.05, 3.63) is 60.7 Å². The molecule has 4 nitrogen and oxygen atoms in total. The highest BCUT2D eigenvalue weighted by Gasteiger charge is 2.29. The molecule has 1 aliphatic heterocycles. The Morgan fingerprint density at radius 1 is 0.893 bits per heavy atom. The van der Waals surface area contributed by atoms with Gasteiger partial charge in [-0.15, -0.1) is 0 Å². The average Bonchev–Trinajstić information content (AvgIpc) is 2.76. The van der Waals surface area contributed by atoms with Crippen LogP contribution >= 0.6 is 0 Å². The predicted octanol–water partition coefficient (Wildman–Crippen LogP) is 5.60. The number of aromatic nitrogens is 1. The summed E-state index contributed by atoms with van der Waals surface area (Å²) in [7, 11) is 3.72. The molecule has 0 N–H and O–H groups in total. The van der Waals surface area contributed by atoms with Crippen molar-refractivity contribution in [2.45, 2.75) is 13.8 Å². The van der Waals surface area contributed by atoms with Crippen molar-refractivity contribution in [1.82, 2.24) is 0 Å². The van der Waals surface area contributed by atoms with Gasteiger partial charge in [-0.1, -0.05) is 38.1 Å². The van der Waals surface area contributed by atoms with Crippen molar-refractivity contribution in [1.29, 1.82) is 0 Å². The van der Waals surface area contributed by atoms with Gasteiger partial charge < -0.3 is 14.2 Å². The summed E-state index contributed by atoms with van der Waals surface area (Å²) in [6, 6.07) is 20.5. The highest BCUT2D eigenvalue weighted by Crippen LogP contribution is 2.46. The molecular formula is C24H24NO3+. The lowest BCUT2D eigenvalue weighted by molar-refractivity contribution is -0.632. The van der Waals surface area contributed by atoms with Crippen molar-refractivity contribution in [2.24, 2.45) is 7.05 Å². The van der Waals surface area contributed by atoms with Crippen LogP contribution in [0.25, 0.3) is 32.9 Å². The number of hydrogen-bond acceptors (Lipinski definition) is 3. The molecule has 28 heavy (non-hydrogen) atoms. The summed E-state index contributed by atoms with van der Waals surface area (Å²) in [5, 5.41) is 3.49. The van der Waals surface area contributed by atoms with E-state index in [0.29, 0.717) is 0 Å². The first-order chi connectivity index (χ1) is 13.8. The first-order valence-electron chi connectivity index (χ1n) is 9.55. The molecule has 0 amide bonds. The van der Waals surface area contributed by atoms with Crippen LogP contribution in [0.15, 0.2) is 60.7 Å². The summed E-state index contributed by atoms with van der Waals surface area (Å²) in [6.45, 7) is 4.23. The van der Waals surface area contributed by atoms with Crippen molar-refractivity contribution >= 4 is 21.7 Å². The molecule has 1 aromatic heterocycles. The number of pyridine rings is 1. The molecule has 0 fully saturated rings. The lowest BCUT2D eigenvalue weighted by atomic mass is 9.96. The zero-order valence-electron chi connectivity index (χ0n) is 16.7. The van der Waals surface area contributed by atoms with Gasteiger partial charge in [0.1, 0.15) is 24.3 Å². The van der Waals surface area contributed by atoms with E-state index in [1.54, 1.807) is 7.11 Å². The number of fused-ring (bicyclic) bond motifs is 4. The van der Waals surface area contributed by atoms with Gasteiger partial charge in [0.25, 0.3) is 0 Å². The fourth-order valence-corrected chi connectivity index (χ4v) is 3.79. The Bertz CT molecular complexity index is 1170. The summed E-state index contributed by atoms with van der Waals surface area (Å²) in [5.41, 5.74) is 3.37. The molecule has 3 aromatic carbocycles. The maximum absolute atomic E-state index is 6.18. The third-order valence-electron chi connectivity index (χ3n) is 4.92. The average molecular weight is 374 g/mol. The monoisotopic (exact) mass is 374 g/mol. The van der Waals surface area contributed by atoms with Crippen molar-refractivity contribution in [2.75, 3.05) is 13.9 Å². The maximum Gasteiger partial charge on any atom is 0.228 e. The van der Waals surface area contributed by atoms with Crippen LogP contribution in [0, 0.1) is 0 Å². The van der Waals surface area contributed by atoms with E-state index in [1.807, 2.05) is 50.2 Å². The van der Waals surface area contributed by atoms with Crippen LogP contribution in [0.5, 0.6) is 17.2 Å². The van der Waals surface area contributed by atoms with Gasteiger partial charge in [0.05, 0.1) is 22.4 Å². The largest absolute Gasteiger partial charge is 0.467 e. The minimum Gasteiger partial charge on any atom is -0.467 e. The number of benzene rings is 3. The third kappa shape index (κ3) is 2.77. The number of ether oxygens (including phenoxy) is 3. The second kappa shape index (κ2) is 7.49. The summed E-state index contributed by atoms with van der Waals surface area (Å²) >= 11 is 0. The lowest BCUT2D eigenvalue weighted by Crippen LogP contribution is -2.33. The van der Waals surface area contributed by atoms with Gasteiger partial charge in [-0.05, 0) is 30.3 Å². The highest BCUT2D eigenvalue weighted by molar-refractivity contribution is 6.12. The third-order valence-corrected chi connectivity index (χ3v) is 4.92. The molecule has 0 bridgehead atoms. The van der Waals surface area contributed by atoms with Crippen molar-refractivity contribution in [3.63, 3.8) is 0 Å². The molecule has 0 spiro atoms. The summed E-state index contributed by atoms with van der Waals surface area (Å²) in [6.07, 6.45) is 0. The molecule has 1 aliphatic rings. The number of aryl methyl sites for hydroxylation is 1. The molecular weight excluding hydrogens is 350 g/mol. The summed E-state index contributed by atoms with van der Waals surface area (Å²) in [5.74, 6) is 2.57. The van der Waals surface area contributed by atoms with Gasteiger partial charge in [-0.3, -0.25) is 0 Å². The second-order valence-corrected chi connectivity index (χ2v) is 6.41. The van der Waals surface area contributed by atoms with Gasteiger partial charge in [0.2, 0.25) is 11.2 Å². The Morgan fingerprint density at radius 2 is 1.68 bits per heavy atom. The predicted molar refractivity (Wildman–Crippen MR) is 112 cm³/mol. The topological polar surface area (TPSA) is 31.6 Å². The van der Waals surface area contributed by atoms with E-state index in [0.717, 1.165) is 39.4 Å². The van der Waals surface area contributed by atoms with Crippen LogP contribution in [0.3, 0.4) is 0 Å². The summed E-state index contributed by atoms with van der Waals surface area (Å²) in [4.78, 5) is 0. The first kappa shape index (κ1) is 18.3. The highest BCUT2D eigenvalue weighted by atomic mass is 16.7. The van der Waals surface area contributed by atoms with Crippen LogP contribution in [-0.2, 0) is 11.8 Å². The second-order valence-electron chi connectivity index (χ2n) is 6.41. The van der Waals surface area contributed by atoms with E-state index in [1.165, 1.54) is 10.8 Å². The molecule has 4 heteroatoms. The Hall–Kier alpha value is -3.11. The molecule has 0 saturated heterocycles. The Balaban J connectivity index is 0.000000932. The zero-order chi connectivity index (χ0) is 19.7. The summed E-state index contributed by atoms with van der Waals surface area (Å²) < 4.78 is 19.1. The van der Waals surface area contributed by atoms with E-state index in [2.05, 4.69) is 35.9 Å². The smallest absolute Gasteiger partial charge is 0.228 e. The molecule has 0 unspecified atom stereocenters. The lowest BCUT2D eigenvalue weighted by Gasteiger charge is -2.20. The van der Waals surface area contributed by atoms with Crippen LogP contribution in [-0.4, -0.2) is 13.9 Å². The fourth-order valence-electron chi connectivity index (χ4n) is 3.79. The number of rotatable bonds is 3. The molecule has 5 rings (SSSR count). The van der Waals surface area contributed by atoms with Crippen LogP contribution in [0.4, 0.5) is 0 Å². The van der Waals surface area contributed by atoms with Gasteiger partial charge in [0, 0.05) is 12.5 Å². The van der Waals surface area contributed by atoms with E-state index in [9.17, 15) is 0 Å². The standard InChI is InChI=1S/C22H18NO3.C2H6/c1-23-18-12-14(25-13-24-2)10-11-15(18)16-7-5-9-20-21(16)22(23)17-6-3-4-8-19(17)26-20;1-2/h3-12H,13H2,1-2H3;1-2H3/q+1;. The number of hydrogen-bond donors (Lipinski definition) is 0. The minimum atomic E-state index is 0.233. The van der Waals surface area contributed by atoms with E-state index in [-0.39, 0.29) is 6.79 Å². The number of para-hydroxylation sites is 1. The molecule has 2 heterocycles. The Kier molecular flexibility index (Phi) is 4.88. The normalized spacial score (nSPS) is 11.4. The van der Waals surface area contributed by atoms with Crippen LogP contribution in [0.2, 0.25) is 0 Å². The molecule has 0 radical (unpaired) electrons. The maximum atomic E-state index is 6.18. The van der Waals surface area contributed by atoms with Gasteiger partial charge in [-0.2, -0.15) is 4.57 Å². The van der Waals surface area contributed by atoms with Gasteiger partial charge >= 0.3 is 0 Å². The number of methoxy groups -OCH3 is 1. The van der Waals surface area contributed by atoms with Gasteiger partial charge in [-0.25, -0.2) is 0 Å². The quantitative estimate of drug-likeness (QED) is 0.234. The van der Waals surface area contributed by atoms with E-state index >= 15 is 0 Å². The Labute approximate surface area is 164 Å². The van der Waals surface area contributed by atoms with E-state index < -0.39 is 0 Å². The molecule has 142 valence electrons. The minimum absolute atomic E-state index is 0.233. The number of nitrogens with zero attached hydrogens (tertiary/aromatic N) is 1. The van der Waals surface area contributed by atoms with Crippen LogP contribution in [0.1, 0.15) is 13.8 Å². The SMILES string of the molecule is CC.COCOc1ccc2c3cccc4c3c([n+](C)c2c1)-c1ccccc1O4. The molecule has 0 aliphatic carbocycles. The zero-order valence-corrected chi connectivity index (χ0v) is 16.7. The fraction of sp³-hybridized carbons (Fsp3) is 0.208. The van der Waals surface area contributed by atoms with Gasteiger partial charge in [0.15, 0.2) is 6.79 Å². The Morgan fingerprint density at radius 3 is 2.50 bits per heavy atom. The van der Waals surface area contributed by atoms with Crippen LogP contribution < -0.4 is 14.0 Å².